The fraction of sp³-hybridized carbons (Fsp3) is 0.235. The molecule has 0 bridgehead atoms. The number of carbonyl (C=O) groups excluding carboxylic acids is 1. The first-order chi connectivity index (χ1) is 9.69. The van der Waals surface area contributed by atoms with E-state index in [9.17, 15) is 4.79 Å². The van der Waals surface area contributed by atoms with Gasteiger partial charge < -0.3 is 10.6 Å². The molecule has 0 aliphatic rings. The lowest BCUT2D eigenvalue weighted by Crippen LogP contribution is -2.10. The zero-order chi connectivity index (χ0) is 14.4. The Morgan fingerprint density at radius 3 is 2.65 bits per heavy atom. The Morgan fingerprint density at radius 1 is 1.10 bits per heavy atom. The Hall–Kier alpha value is -2.29. The summed E-state index contributed by atoms with van der Waals surface area (Å²) in [6.07, 6.45) is 1.03. The largest absolute Gasteiger partial charge is 0.381 e. The highest BCUT2D eigenvalue weighted by atomic mass is 16.1. The van der Waals surface area contributed by atoms with Crippen LogP contribution in [0.25, 0.3) is 0 Å². The Balaban J connectivity index is 2.08. The molecule has 0 fully saturated rings. The van der Waals surface area contributed by atoms with Gasteiger partial charge in [-0.05, 0) is 35.7 Å². The SMILES string of the molecule is CCc1cccc(NCc2ccccc2NC(C)=O)c1. The van der Waals surface area contributed by atoms with E-state index in [4.69, 9.17) is 0 Å². The second-order valence-electron chi connectivity index (χ2n) is 4.75. The van der Waals surface area contributed by atoms with E-state index in [2.05, 4.69) is 41.8 Å². The predicted octanol–water partition coefficient (Wildman–Crippen LogP) is 3.82. The average molecular weight is 268 g/mol. The summed E-state index contributed by atoms with van der Waals surface area (Å²) in [5.74, 6) is -0.0505. The molecule has 0 spiro atoms. The van der Waals surface area contributed by atoms with Gasteiger partial charge in [-0.1, -0.05) is 37.3 Å². The van der Waals surface area contributed by atoms with Crippen LogP contribution in [0.1, 0.15) is 25.0 Å². The second-order valence-corrected chi connectivity index (χ2v) is 4.75. The number of carbonyl (C=O) groups is 1. The van der Waals surface area contributed by atoms with Gasteiger partial charge in [0, 0.05) is 24.8 Å². The maximum Gasteiger partial charge on any atom is 0.221 e. The molecule has 2 aromatic carbocycles. The molecule has 2 aromatic rings. The van der Waals surface area contributed by atoms with E-state index in [1.807, 2.05) is 24.3 Å². The summed E-state index contributed by atoms with van der Waals surface area (Å²) in [4.78, 5) is 11.2. The van der Waals surface area contributed by atoms with Gasteiger partial charge in [0.05, 0.1) is 0 Å². The molecule has 0 saturated heterocycles. The van der Waals surface area contributed by atoms with Gasteiger partial charge in [0.2, 0.25) is 5.91 Å². The van der Waals surface area contributed by atoms with Crippen molar-refractivity contribution >= 4 is 17.3 Å². The molecule has 0 unspecified atom stereocenters. The third-order valence-corrected chi connectivity index (χ3v) is 3.15. The number of anilines is 2. The zero-order valence-corrected chi connectivity index (χ0v) is 11.9. The third-order valence-electron chi connectivity index (χ3n) is 3.15. The first-order valence-electron chi connectivity index (χ1n) is 6.87. The Morgan fingerprint density at radius 2 is 1.90 bits per heavy atom. The molecule has 0 aliphatic carbocycles. The third kappa shape index (κ3) is 3.85. The van der Waals surface area contributed by atoms with E-state index in [0.29, 0.717) is 6.54 Å². The fourth-order valence-electron chi connectivity index (χ4n) is 2.08. The average Bonchev–Trinajstić information content (AvgIpc) is 2.46. The zero-order valence-electron chi connectivity index (χ0n) is 11.9. The maximum absolute atomic E-state index is 11.2. The number of hydrogen-bond acceptors (Lipinski definition) is 2. The van der Waals surface area contributed by atoms with E-state index in [1.54, 1.807) is 0 Å². The first-order valence-corrected chi connectivity index (χ1v) is 6.87. The number of para-hydroxylation sites is 1. The summed E-state index contributed by atoms with van der Waals surface area (Å²) in [6, 6.07) is 16.2. The molecule has 0 aromatic heterocycles. The van der Waals surface area contributed by atoms with Crippen LogP contribution < -0.4 is 10.6 Å². The maximum atomic E-state index is 11.2. The Bertz CT molecular complexity index is 593. The number of rotatable bonds is 5. The van der Waals surface area contributed by atoms with Crippen molar-refractivity contribution in [1.82, 2.24) is 0 Å². The summed E-state index contributed by atoms with van der Waals surface area (Å²) >= 11 is 0. The van der Waals surface area contributed by atoms with Gasteiger partial charge in [-0.2, -0.15) is 0 Å². The highest BCUT2D eigenvalue weighted by Crippen LogP contribution is 2.18. The second kappa shape index (κ2) is 6.75. The van der Waals surface area contributed by atoms with Gasteiger partial charge in [-0.25, -0.2) is 0 Å². The van der Waals surface area contributed by atoms with E-state index < -0.39 is 0 Å². The van der Waals surface area contributed by atoms with Crippen molar-refractivity contribution in [3.8, 4) is 0 Å². The molecule has 2 rings (SSSR count). The van der Waals surface area contributed by atoms with Gasteiger partial charge in [0.1, 0.15) is 0 Å². The lowest BCUT2D eigenvalue weighted by molar-refractivity contribution is -0.114. The highest BCUT2D eigenvalue weighted by molar-refractivity contribution is 5.89. The minimum absolute atomic E-state index is 0.0505. The molecule has 0 aliphatic heterocycles. The van der Waals surface area contributed by atoms with E-state index in [-0.39, 0.29) is 5.91 Å². The van der Waals surface area contributed by atoms with E-state index in [0.717, 1.165) is 23.4 Å². The number of nitrogens with one attached hydrogen (secondary N) is 2. The van der Waals surface area contributed by atoms with Gasteiger partial charge in [0.25, 0.3) is 0 Å². The van der Waals surface area contributed by atoms with Crippen LogP contribution in [0.4, 0.5) is 11.4 Å². The molecule has 104 valence electrons. The van der Waals surface area contributed by atoms with Crippen LogP contribution in [0.5, 0.6) is 0 Å². The predicted molar refractivity (Wildman–Crippen MR) is 83.9 cm³/mol. The quantitative estimate of drug-likeness (QED) is 0.865. The van der Waals surface area contributed by atoms with Crippen LogP contribution in [-0.4, -0.2) is 5.91 Å². The van der Waals surface area contributed by atoms with Crippen molar-refractivity contribution in [1.29, 1.82) is 0 Å². The molecule has 0 heterocycles. The lowest BCUT2D eigenvalue weighted by Gasteiger charge is -2.12. The Kier molecular flexibility index (Phi) is 4.77. The molecule has 0 atom stereocenters. The fourth-order valence-corrected chi connectivity index (χ4v) is 2.08. The molecule has 1 amide bonds. The number of benzene rings is 2. The molecule has 20 heavy (non-hydrogen) atoms. The van der Waals surface area contributed by atoms with Crippen molar-refractivity contribution in [3.63, 3.8) is 0 Å². The number of aryl methyl sites for hydroxylation is 1. The molecular formula is C17H20N2O. The number of hydrogen-bond donors (Lipinski definition) is 2. The molecule has 0 radical (unpaired) electrons. The first kappa shape index (κ1) is 14.1. The van der Waals surface area contributed by atoms with Gasteiger partial charge >= 0.3 is 0 Å². The summed E-state index contributed by atoms with van der Waals surface area (Å²) in [5, 5.41) is 6.25. The standard InChI is InChI=1S/C17H20N2O/c1-3-14-7-6-9-16(11-14)18-12-15-8-4-5-10-17(15)19-13(2)20/h4-11,18H,3,12H2,1-2H3,(H,19,20). The topological polar surface area (TPSA) is 41.1 Å². The highest BCUT2D eigenvalue weighted by Gasteiger charge is 2.03. The van der Waals surface area contributed by atoms with Crippen LogP contribution in [0, 0.1) is 0 Å². The van der Waals surface area contributed by atoms with Gasteiger partial charge in [-0.3, -0.25) is 4.79 Å². The molecule has 3 nitrogen and oxygen atoms in total. The smallest absolute Gasteiger partial charge is 0.221 e. The molecule has 0 saturated carbocycles. The van der Waals surface area contributed by atoms with Crippen LogP contribution >= 0.6 is 0 Å². The van der Waals surface area contributed by atoms with Crippen LogP contribution in [0.15, 0.2) is 48.5 Å². The van der Waals surface area contributed by atoms with E-state index in [1.165, 1.54) is 12.5 Å². The minimum atomic E-state index is -0.0505. The van der Waals surface area contributed by atoms with E-state index >= 15 is 0 Å². The van der Waals surface area contributed by atoms with Crippen molar-refractivity contribution in [2.45, 2.75) is 26.8 Å². The van der Waals surface area contributed by atoms with Crippen molar-refractivity contribution < 1.29 is 4.79 Å². The Labute approximate surface area is 120 Å². The molecular weight excluding hydrogens is 248 g/mol. The summed E-state index contributed by atoms with van der Waals surface area (Å²) < 4.78 is 0. The molecule has 3 heteroatoms. The summed E-state index contributed by atoms with van der Waals surface area (Å²) in [6.45, 7) is 4.35. The summed E-state index contributed by atoms with van der Waals surface area (Å²) in [7, 11) is 0. The van der Waals surface area contributed by atoms with Crippen LogP contribution in [0.3, 0.4) is 0 Å². The van der Waals surface area contributed by atoms with Crippen molar-refractivity contribution in [3.05, 3.63) is 59.7 Å². The van der Waals surface area contributed by atoms with Crippen molar-refractivity contribution in [2.24, 2.45) is 0 Å². The minimum Gasteiger partial charge on any atom is -0.381 e. The van der Waals surface area contributed by atoms with Crippen molar-refractivity contribution in [2.75, 3.05) is 10.6 Å². The molecule has 2 N–H and O–H groups in total. The number of amides is 1. The normalized spacial score (nSPS) is 10.1. The monoisotopic (exact) mass is 268 g/mol. The summed E-state index contributed by atoms with van der Waals surface area (Å²) in [5.41, 5.74) is 4.34. The van der Waals surface area contributed by atoms with Crippen LogP contribution in [0.2, 0.25) is 0 Å². The van der Waals surface area contributed by atoms with Gasteiger partial charge in [-0.15, -0.1) is 0 Å². The van der Waals surface area contributed by atoms with Gasteiger partial charge in [0.15, 0.2) is 0 Å². The van der Waals surface area contributed by atoms with Crippen LogP contribution in [-0.2, 0) is 17.8 Å². The lowest BCUT2D eigenvalue weighted by atomic mass is 10.1.